The molecule has 0 aliphatic carbocycles. The van der Waals surface area contributed by atoms with Gasteiger partial charge in [-0.2, -0.15) is 5.26 Å². The topological polar surface area (TPSA) is 23.8 Å². The minimum Gasteiger partial charge on any atom is -1.00 e. The van der Waals surface area contributed by atoms with Gasteiger partial charge in [-0.1, -0.05) is 0 Å². The summed E-state index contributed by atoms with van der Waals surface area (Å²) in [5.74, 6) is 0. The first-order chi connectivity index (χ1) is 1.41. The van der Waals surface area contributed by atoms with Gasteiger partial charge in [-0.15, -0.1) is 0 Å². The zero-order chi connectivity index (χ0) is 2.71. The SMILES string of the molecule is CC#N.[Br-]. The Bertz CT molecular complexity index is 27.5. The van der Waals surface area contributed by atoms with E-state index in [4.69, 9.17) is 5.26 Å². The number of hydrogen-bond donors (Lipinski definition) is 0. The zero-order valence-corrected chi connectivity index (χ0v) is 3.91. The summed E-state index contributed by atoms with van der Waals surface area (Å²) in [4.78, 5) is 0. The Labute approximate surface area is 36.0 Å². The molecule has 24 valence electrons. The van der Waals surface area contributed by atoms with Gasteiger partial charge in [-0.25, -0.2) is 0 Å². The summed E-state index contributed by atoms with van der Waals surface area (Å²) < 4.78 is 0. The van der Waals surface area contributed by atoms with Gasteiger partial charge in [0.25, 0.3) is 0 Å². The maximum Gasteiger partial charge on any atom is 0.0587 e. The summed E-state index contributed by atoms with van der Waals surface area (Å²) in [5.41, 5.74) is 0. The highest BCUT2D eigenvalue weighted by atomic mass is 79.9. The Morgan fingerprint density at radius 2 is 1.75 bits per heavy atom. The van der Waals surface area contributed by atoms with Crippen molar-refractivity contribution in [1.82, 2.24) is 0 Å². The summed E-state index contributed by atoms with van der Waals surface area (Å²) in [6.07, 6.45) is 0. The standard InChI is InChI=1S/C2H3N.BrH/c1-2-3;/h1H3;1H/p-1. The number of nitrogens with zero attached hydrogens (tertiary/aromatic N) is 1. The first kappa shape index (κ1) is 9.02. The molecule has 0 rings (SSSR count). The van der Waals surface area contributed by atoms with Crippen LogP contribution < -0.4 is 17.0 Å². The quantitative estimate of drug-likeness (QED) is 0.348. The molecule has 0 aromatic heterocycles. The summed E-state index contributed by atoms with van der Waals surface area (Å²) in [7, 11) is 0. The predicted molar refractivity (Wildman–Crippen MR) is 11.3 cm³/mol. The Hall–Kier alpha value is -0.0300. The van der Waals surface area contributed by atoms with E-state index < -0.39 is 0 Å². The molecule has 0 saturated heterocycles. The third-order valence-corrected chi connectivity index (χ3v) is 0. The molecule has 0 aromatic rings. The van der Waals surface area contributed by atoms with Crippen molar-refractivity contribution in [2.75, 3.05) is 0 Å². The molecule has 0 radical (unpaired) electrons. The molecule has 4 heavy (non-hydrogen) atoms. The first-order valence-electron chi connectivity index (χ1n) is 0.724. The molecule has 0 bridgehead atoms. The van der Waals surface area contributed by atoms with Crippen LogP contribution in [0.15, 0.2) is 0 Å². The van der Waals surface area contributed by atoms with Crippen LogP contribution in [0.1, 0.15) is 6.92 Å². The molecule has 0 N–H and O–H groups in total. The van der Waals surface area contributed by atoms with Gasteiger partial charge in [0.1, 0.15) is 0 Å². The van der Waals surface area contributed by atoms with E-state index in [1.807, 2.05) is 0 Å². The molecule has 1 nitrogen and oxygen atoms in total. The van der Waals surface area contributed by atoms with Crippen molar-refractivity contribution in [1.29, 1.82) is 5.26 Å². The Morgan fingerprint density at radius 3 is 1.75 bits per heavy atom. The van der Waals surface area contributed by atoms with Crippen LogP contribution in [-0.2, 0) is 0 Å². The lowest BCUT2D eigenvalue weighted by molar-refractivity contribution is -0.00000100. The highest BCUT2D eigenvalue weighted by Crippen LogP contribution is 1.21. The molecule has 0 saturated carbocycles. The monoisotopic (exact) mass is 120 g/mol. The summed E-state index contributed by atoms with van der Waals surface area (Å²) in [6.45, 7) is 1.43. The summed E-state index contributed by atoms with van der Waals surface area (Å²) in [6, 6.07) is 1.75. The van der Waals surface area contributed by atoms with E-state index in [-0.39, 0.29) is 17.0 Å². The van der Waals surface area contributed by atoms with E-state index in [0.717, 1.165) is 0 Å². The van der Waals surface area contributed by atoms with Crippen molar-refractivity contribution in [2.24, 2.45) is 0 Å². The van der Waals surface area contributed by atoms with Crippen molar-refractivity contribution in [2.45, 2.75) is 6.92 Å². The molecule has 0 spiro atoms. The van der Waals surface area contributed by atoms with Crippen LogP contribution >= 0.6 is 0 Å². The van der Waals surface area contributed by atoms with Gasteiger partial charge in [-0.3, -0.25) is 0 Å². The maximum atomic E-state index is 7.32. The molecule has 0 atom stereocenters. The highest BCUT2D eigenvalue weighted by molar-refractivity contribution is 4.51. The molecular formula is C2H3BrN-. The molecule has 0 aliphatic rings. The summed E-state index contributed by atoms with van der Waals surface area (Å²) in [5, 5.41) is 7.32. The second-order valence-corrected chi connectivity index (χ2v) is 0.224. The lowest BCUT2D eigenvalue weighted by Gasteiger charge is -1.15. The molecule has 0 unspecified atom stereocenters. The second kappa shape index (κ2) is 12.3. The van der Waals surface area contributed by atoms with Crippen LogP contribution in [0.5, 0.6) is 0 Å². The normalized spacial score (nSPS) is 2.00. The minimum absolute atomic E-state index is 0. The van der Waals surface area contributed by atoms with Gasteiger partial charge in [0, 0.05) is 6.92 Å². The average Bonchev–Trinajstić information content (AvgIpc) is 0.918. The average molecular weight is 121 g/mol. The number of hydrogen-bond acceptors (Lipinski definition) is 1. The molecule has 0 heterocycles. The van der Waals surface area contributed by atoms with E-state index >= 15 is 0 Å². The first-order valence-corrected chi connectivity index (χ1v) is 0.724. The van der Waals surface area contributed by atoms with E-state index in [1.54, 1.807) is 6.07 Å². The Balaban J connectivity index is 0. The van der Waals surface area contributed by atoms with E-state index in [1.165, 1.54) is 6.92 Å². The van der Waals surface area contributed by atoms with E-state index in [2.05, 4.69) is 0 Å². The largest absolute Gasteiger partial charge is 1.00 e. The van der Waals surface area contributed by atoms with Crippen LogP contribution in [0.4, 0.5) is 0 Å². The van der Waals surface area contributed by atoms with Crippen LogP contribution in [0.3, 0.4) is 0 Å². The fourth-order valence-corrected chi connectivity index (χ4v) is 0. The van der Waals surface area contributed by atoms with Crippen LogP contribution in [-0.4, -0.2) is 0 Å². The van der Waals surface area contributed by atoms with Gasteiger partial charge in [0.2, 0.25) is 0 Å². The zero-order valence-electron chi connectivity index (χ0n) is 2.33. The summed E-state index contributed by atoms with van der Waals surface area (Å²) >= 11 is 0. The molecule has 2 heteroatoms. The van der Waals surface area contributed by atoms with Gasteiger partial charge in [-0.05, 0) is 0 Å². The number of nitriles is 1. The molecular weight excluding hydrogens is 118 g/mol. The lowest BCUT2D eigenvalue weighted by atomic mass is 11.0. The molecule has 0 aromatic carbocycles. The van der Waals surface area contributed by atoms with E-state index in [0.29, 0.717) is 0 Å². The minimum atomic E-state index is 0. The maximum absolute atomic E-state index is 7.32. The van der Waals surface area contributed by atoms with Crippen molar-refractivity contribution in [3.8, 4) is 6.07 Å². The van der Waals surface area contributed by atoms with Crippen molar-refractivity contribution < 1.29 is 17.0 Å². The Morgan fingerprint density at radius 1 is 1.75 bits per heavy atom. The Kier molecular flexibility index (Phi) is 27.6. The molecule has 0 aliphatic heterocycles. The smallest absolute Gasteiger partial charge is 0.0587 e. The van der Waals surface area contributed by atoms with Gasteiger partial charge in [0.05, 0.1) is 6.07 Å². The predicted octanol–water partition coefficient (Wildman–Crippen LogP) is -2.47. The molecule has 0 amide bonds. The number of halogens is 1. The van der Waals surface area contributed by atoms with E-state index in [9.17, 15) is 0 Å². The number of rotatable bonds is 0. The highest BCUT2D eigenvalue weighted by Gasteiger charge is 1.17. The van der Waals surface area contributed by atoms with Crippen LogP contribution in [0.2, 0.25) is 0 Å². The lowest BCUT2D eigenvalue weighted by Crippen LogP contribution is -3.00. The third-order valence-electron chi connectivity index (χ3n) is 0. The van der Waals surface area contributed by atoms with Gasteiger partial charge in [0.15, 0.2) is 0 Å². The second-order valence-electron chi connectivity index (χ2n) is 0.224. The van der Waals surface area contributed by atoms with Crippen molar-refractivity contribution in [3.05, 3.63) is 0 Å². The fraction of sp³-hybridized carbons (Fsp3) is 0.500. The van der Waals surface area contributed by atoms with Crippen LogP contribution in [0.25, 0.3) is 0 Å². The van der Waals surface area contributed by atoms with Crippen LogP contribution in [0, 0.1) is 11.3 Å². The third kappa shape index (κ3) is 2060. The van der Waals surface area contributed by atoms with Crippen molar-refractivity contribution >= 4 is 0 Å². The van der Waals surface area contributed by atoms with Crippen molar-refractivity contribution in [3.63, 3.8) is 0 Å². The van der Waals surface area contributed by atoms with Gasteiger partial charge < -0.3 is 17.0 Å². The van der Waals surface area contributed by atoms with Gasteiger partial charge >= 0.3 is 0 Å². The molecule has 0 fully saturated rings. The fourth-order valence-electron chi connectivity index (χ4n) is 0.